The van der Waals surface area contributed by atoms with Crippen LogP contribution in [0.2, 0.25) is 0 Å². The quantitative estimate of drug-likeness (QED) is 0.539. The smallest absolute Gasteiger partial charge is 0.169 e. The highest BCUT2D eigenvalue weighted by Gasteiger charge is 2.31. The van der Waals surface area contributed by atoms with Crippen LogP contribution in [0.3, 0.4) is 0 Å². The summed E-state index contributed by atoms with van der Waals surface area (Å²) in [7, 11) is 0. The zero-order chi connectivity index (χ0) is 13.0. The average Bonchev–Trinajstić information content (AvgIpc) is 2.66. The van der Waals surface area contributed by atoms with Crippen molar-refractivity contribution in [3.8, 4) is 0 Å². The van der Waals surface area contributed by atoms with Crippen LogP contribution in [-0.2, 0) is 9.59 Å². The van der Waals surface area contributed by atoms with E-state index < -0.39 is 0 Å². The van der Waals surface area contributed by atoms with Gasteiger partial charge in [-0.25, -0.2) is 0 Å². The van der Waals surface area contributed by atoms with Gasteiger partial charge in [-0.2, -0.15) is 0 Å². The summed E-state index contributed by atoms with van der Waals surface area (Å²) in [5.41, 5.74) is 1.67. The minimum Gasteiger partial charge on any atom is -0.294 e. The Labute approximate surface area is 104 Å². The minimum absolute atomic E-state index is 0.00657. The van der Waals surface area contributed by atoms with Crippen LogP contribution in [0, 0.1) is 11.8 Å². The van der Waals surface area contributed by atoms with Crippen LogP contribution in [0.15, 0.2) is 23.3 Å². The van der Waals surface area contributed by atoms with Gasteiger partial charge in [0.25, 0.3) is 0 Å². The first-order chi connectivity index (χ1) is 7.97. The molecular weight excluding hydrogens is 212 g/mol. The number of hydrogen-bond acceptors (Lipinski definition) is 2. The molecule has 1 aliphatic carbocycles. The average molecular weight is 234 g/mol. The van der Waals surface area contributed by atoms with Gasteiger partial charge in [0.05, 0.1) is 5.57 Å². The second-order valence-electron chi connectivity index (χ2n) is 5.11. The summed E-state index contributed by atoms with van der Waals surface area (Å²) in [4.78, 5) is 24.0. The molecule has 2 unspecified atom stereocenters. The first kappa shape index (κ1) is 13.9. The van der Waals surface area contributed by atoms with Gasteiger partial charge in [-0.1, -0.05) is 31.6 Å². The van der Waals surface area contributed by atoms with Gasteiger partial charge in [0, 0.05) is 11.8 Å². The third-order valence-electron chi connectivity index (χ3n) is 3.38. The van der Waals surface area contributed by atoms with Crippen LogP contribution in [0.25, 0.3) is 0 Å². The highest BCUT2D eigenvalue weighted by atomic mass is 16.2. The molecule has 0 amide bonds. The maximum atomic E-state index is 12.1. The van der Waals surface area contributed by atoms with Gasteiger partial charge in [-0.05, 0) is 33.1 Å². The Balaban J connectivity index is 2.66. The summed E-state index contributed by atoms with van der Waals surface area (Å²) in [5.74, 6) is 0.0327. The monoisotopic (exact) mass is 234 g/mol. The number of hydrogen-bond donors (Lipinski definition) is 0. The molecule has 2 nitrogen and oxygen atoms in total. The van der Waals surface area contributed by atoms with Gasteiger partial charge in [0.1, 0.15) is 0 Å². The number of Topliss-reactive ketones (excluding diaryl/α,β-unsaturated/α-hetero) is 2. The minimum atomic E-state index is -0.0348. The van der Waals surface area contributed by atoms with Crippen molar-refractivity contribution in [1.29, 1.82) is 0 Å². The molecule has 17 heavy (non-hydrogen) atoms. The fourth-order valence-electron chi connectivity index (χ4n) is 1.94. The van der Waals surface area contributed by atoms with Crippen LogP contribution < -0.4 is 0 Å². The van der Waals surface area contributed by atoms with Gasteiger partial charge in [-0.15, -0.1) is 0 Å². The standard InChI is InChI=1S/C15H22O2/c1-5-11(4)14(16)13-9-8-12(15(13)17)7-6-10(2)3/h6,9,11-12H,5,7-8H2,1-4H3. The van der Waals surface area contributed by atoms with E-state index in [0.29, 0.717) is 5.57 Å². The number of ketones is 2. The van der Waals surface area contributed by atoms with E-state index in [1.165, 1.54) is 5.57 Å². The molecule has 0 N–H and O–H groups in total. The van der Waals surface area contributed by atoms with E-state index in [2.05, 4.69) is 6.08 Å². The van der Waals surface area contributed by atoms with Crippen molar-refractivity contribution in [2.75, 3.05) is 0 Å². The van der Waals surface area contributed by atoms with Crippen molar-refractivity contribution >= 4 is 11.6 Å². The second-order valence-corrected chi connectivity index (χ2v) is 5.11. The third-order valence-corrected chi connectivity index (χ3v) is 3.38. The normalized spacial score (nSPS) is 21.1. The van der Waals surface area contributed by atoms with Gasteiger partial charge in [0.15, 0.2) is 11.6 Å². The van der Waals surface area contributed by atoms with Crippen LogP contribution >= 0.6 is 0 Å². The summed E-state index contributed by atoms with van der Waals surface area (Å²) in [6.07, 6.45) is 6.19. The van der Waals surface area contributed by atoms with Crippen molar-refractivity contribution in [2.24, 2.45) is 11.8 Å². The van der Waals surface area contributed by atoms with E-state index in [9.17, 15) is 9.59 Å². The summed E-state index contributed by atoms with van der Waals surface area (Å²) in [6.45, 7) is 7.92. The summed E-state index contributed by atoms with van der Waals surface area (Å²) < 4.78 is 0. The molecule has 1 rings (SSSR count). The van der Waals surface area contributed by atoms with E-state index in [1.807, 2.05) is 33.8 Å². The molecule has 2 heteroatoms. The lowest BCUT2D eigenvalue weighted by Gasteiger charge is -2.09. The fraction of sp³-hybridized carbons (Fsp3) is 0.600. The predicted molar refractivity (Wildman–Crippen MR) is 69.7 cm³/mol. The zero-order valence-electron chi connectivity index (χ0n) is 11.2. The first-order valence-corrected chi connectivity index (χ1v) is 6.39. The lowest BCUT2D eigenvalue weighted by atomic mass is 9.92. The topological polar surface area (TPSA) is 34.1 Å². The Morgan fingerprint density at radius 2 is 2.18 bits per heavy atom. The lowest BCUT2D eigenvalue weighted by molar-refractivity contribution is -0.124. The van der Waals surface area contributed by atoms with Crippen molar-refractivity contribution in [3.63, 3.8) is 0 Å². The van der Waals surface area contributed by atoms with Gasteiger partial charge < -0.3 is 0 Å². The number of rotatable bonds is 5. The largest absolute Gasteiger partial charge is 0.294 e. The first-order valence-electron chi connectivity index (χ1n) is 6.39. The Morgan fingerprint density at radius 3 is 2.71 bits per heavy atom. The Bertz CT molecular complexity index is 370. The Hall–Kier alpha value is -1.18. The SMILES string of the molecule is CCC(C)C(=O)C1=CCC(CC=C(C)C)C1=O. The summed E-state index contributed by atoms with van der Waals surface area (Å²) in [5, 5.41) is 0. The summed E-state index contributed by atoms with van der Waals surface area (Å²) >= 11 is 0. The van der Waals surface area contributed by atoms with Gasteiger partial charge in [0.2, 0.25) is 0 Å². The third kappa shape index (κ3) is 3.39. The molecule has 0 fully saturated rings. The molecule has 0 aromatic rings. The van der Waals surface area contributed by atoms with Crippen molar-refractivity contribution in [1.82, 2.24) is 0 Å². The molecule has 94 valence electrons. The Morgan fingerprint density at radius 1 is 1.53 bits per heavy atom. The fourth-order valence-corrected chi connectivity index (χ4v) is 1.94. The molecule has 2 atom stereocenters. The van der Waals surface area contributed by atoms with Crippen molar-refractivity contribution in [2.45, 2.75) is 47.0 Å². The predicted octanol–water partition coefficient (Wildman–Crippen LogP) is 3.47. The molecule has 1 aliphatic rings. The van der Waals surface area contributed by atoms with E-state index in [1.54, 1.807) is 0 Å². The molecule has 0 saturated carbocycles. The van der Waals surface area contributed by atoms with Crippen molar-refractivity contribution in [3.05, 3.63) is 23.3 Å². The van der Waals surface area contributed by atoms with Gasteiger partial charge in [-0.3, -0.25) is 9.59 Å². The Kier molecular flexibility index (Phi) is 4.86. The molecular formula is C15H22O2. The maximum Gasteiger partial charge on any atom is 0.169 e. The van der Waals surface area contributed by atoms with Crippen molar-refractivity contribution < 1.29 is 9.59 Å². The van der Waals surface area contributed by atoms with Crippen LogP contribution in [0.4, 0.5) is 0 Å². The van der Waals surface area contributed by atoms with Gasteiger partial charge >= 0.3 is 0 Å². The van der Waals surface area contributed by atoms with E-state index in [4.69, 9.17) is 0 Å². The molecule has 0 aromatic heterocycles. The second kappa shape index (κ2) is 5.95. The molecule has 0 spiro atoms. The lowest BCUT2D eigenvalue weighted by Crippen LogP contribution is -2.20. The van der Waals surface area contributed by atoms with E-state index in [-0.39, 0.29) is 23.4 Å². The molecule has 0 heterocycles. The number of allylic oxidation sites excluding steroid dienone is 4. The maximum absolute atomic E-state index is 12.1. The number of carbonyl (C=O) groups excluding carboxylic acids is 2. The van der Waals surface area contributed by atoms with Crippen LogP contribution in [0.1, 0.15) is 47.0 Å². The van der Waals surface area contributed by atoms with Crippen LogP contribution in [-0.4, -0.2) is 11.6 Å². The van der Waals surface area contributed by atoms with E-state index >= 15 is 0 Å². The molecule has 0 aliphatic heterocycles. The molecule has 0 radical (unpaired) electrons. The molecule has 0 saturated heterocycles. The molecule has 0 aromatic carbocycles. The highest BCUT2D eigenvalue weighted by molar-refractivity contribution is 6.22. The number of carbonyl (C=O) groups is 2. The van der Waals surface area contributed by atoms with E-state index in [0.717, 1.165) is 19.3 Å². The molecule has 0 bridgehead atoms. The zero-order valence-corrected chi connectivity index (χ0v) is 11.2. The van der Waals surface area contributed by atoms with Crippen LogP contribution in [0.5, 0.6) is 0 Å². The summed E-state index contributed by atoms with van der Waals surface area (Å²) in [6, 6.07) is 0. The highest BCUT2D eigenvalue weighted by Crippen LogP contribution is 2.27.